The summed E-state index contributed by atoms with van der Waals surface area (Å²) in [6, 6.07) is 15.6. The predicted octanol–water partition coefficient (Wildman–Crippen LogP) is 3.66. The maximum absolute atomic E-state index is 11.8. The van der Waals surface area contributed by atoms with Crippen LogP contribution in [0.5, 0.6) is 11.5 Å². The van der Waals surface area contributed by atoms with Crippen LogP contribution >= 0.6 is 0 Å². The summed E-state index contributed by atoms with van der Waals surface area (Å²) in [7, 11) is 0. The first-order valence-corrected chi connectivity index (χ1v) is 8.30. The van der Waals surface area contributed by atoms with Crippen LogP contribution < -0.4 is 14.8 Å². The number of aryl methyl sites for hydroxylation is 1. The van der Waals surface area contributed by atoms with E-state index in [0.29, 0.717) is 32.6 Å². The Balaban J connectivity index is 1.56. The molecule has 0 saturated heterocycles. The summed E-state index contributed by atoms with van der Waals surface area (Å²) < 4.78 is 11.3. The third kappa shape index (κ3) is 5.95. The molecule has 0 aliphatic carbocycles. The quantitative estimate of drug-likeness (QED) is 0.715. The molecule has 0 aliphatic rings. The van der Waals surface area contributed by atoms with E-state index in [4.69, 9.17) is 9.47 Å². The van der Waals surface area contributed by atoms with Gasteiger partial charge in [0.25, 0.3) is 0 Å². The van der Waals surface area contributed by atoms with Gasteiger partial charge in [0.2, 0.25) is 5.91 Å². The van der Waals surface area contributed by atoms with E-state index in [-0.39, 0.29) is 5.91 Å². The van der Waals surface area contributed by atoms with Crippen LogP contribution in [0.2, 0.25) is 0 Å². The minimum Gasteiger partial charge on any atom is -0.494 e. The predicted molar refractivity (Wildman–Crippen MR) is 95.6 cm³/mol. The van der Waals surface area contributed by atoms with Gasteiger partial charge >= 0.3 is 0 Å². The second-order valence-corrected chi connectivity index (χ2v) is 5.66. The number of amides is 1. The van der Waals surface area contributed by atoms with Crippen LogP contribution in [0, 0.1) is 13.8 Å². The summed E-state index contributed by atoms with van der Waals surface area (Å²) in [5, 5.41) is 2.87. The Bertz CT molecular complexity index is 641. The molecular formula is C20H25NO3. The number of nitrogens with one attached hydrogen (secondary N) is 1. The van der Waals surface area contributed by atoms with Crippen molar-refractivity contribution in [3.05, 3.63) is 59.7 Å². The topological polar surface area (TPSA) is 47.6 Å². The zero-order chi connectivity index (χ0) is 17.2. The SMILES string of the molecule is Cc1cccc(OCCNC(=O)CCCOc2ccccc2)c1C. The minimum atomic E-state index is 0.0243. The van der Waals surface area contributed by atoms with Gasteiger partial charge in [-0.1, -0.05) is 30.3 Å². The zero-order valence-corrected chi connectivity index (χ0v) is 14.4. The first-order chi connectivity index (χ1) is 11.7. The molecule has 0 atom stereocenters. The Morgan fingerprint density at radius 3 is 2.54 bits per heavy atom. The minimum absolute atomic E-state index is 0.0243. The van der Waals surface area contributed by atoms with E-state index < -0.39 is 0 Å². The Morgan fingerprint density at radius 2 is 1.75 bits per heavy atom. The summed E-state index contributed by atoms with van der Waals surface area (Å²) in [5.74, 6) is 1.73. The largest absolute Gasteiger partial charge is 0.494 e. The molecule has 2 aromatic carbocycles. The second kappa shape index (κ2) is 9.60. The maximum atomic E-state index is 11.8. The zero-order valence-electron chi connectivity index (χ0n) is 14.4. The number of ether oxygens (including phenoxy) is 2. The molecule has 4 heteroatoms. The second-order valence-electron chi connectivity index (χ2n) is 5.66. The Kier molecular flexibility index (Phi) is 7.15. The molecule has 0 aliphatic heterocycles. The van der Waals surface area contributed by atoms with E-state index in [2.05, 4.69) is 18.3 Å². The van der Waals surface area contributed by atoms with Gasteiger partial charge < -0.3 is 14.8 Å². The van der Waals surface area contributed by atoms with Gasteiger partial charge in [0.05, 0.1) is 13.2 Å². The number of carbonyl (C=O) groups excluding carboxylic acids is 1. The number of carbonyl (C=O) groups is 1. The van der Waals surface area contributed by atoms with Gasteiger partial charge in [-0.2, -0.15) is 0 Å². The van der Waals surface area contributed by atoms with Gasteiger partial charge in [0.15, 0.2) is 0 Å². The van der Waals surface area contributed by atoms with E-state index in [9.17, 15) is 4.79 Å². The molecule has 4 nitrogen and oxygen atoms in total. The van der Waals surface area contributed by atoms with Gasteiger partial charge in [-0.25, -0.2) is 0 Å². The van der Waals surface area contributed by atoms with E-state index in [0.717, 1.165) is 17.1 Å². The highest BCUT2D eigenvalue weighted by molar-refractivity contribution is 5.75. The molecule has 0 unspecified atom stereocenters. The normalized spacial score (nSPS) is 10.2. The first kappa shape index (κ1) is 17.9. The first-order valence-electron chi connectivity index (χ1n) is 8.30. The molecule has 1 N–H and O–H groups in total. The Hall–Kier alpha value is -2.49. The molecule has 0 fully saturated rings. The molecule has 0 saturated carbocycles. The van der Waals surface area contributed by atoms with Gasteiger partial charge in [-0.15, -0.1) is 0 Å². The lowest BCUT2D eigenvalue weighted by atomic mass is 10.1. The van der Waals surface area contributed by atoms with Crippen LogP contribution in [-0.4, -0.2) is 25.7 Å². The van der Waals surface area contributed by atoms with Gasteiger partial charge in [0.1, 0.15) is 18.1 Å². The third-order valence-electron chi connectivity index (χ3n) is 3.80. The van der Waals surface area contributed by atoms with Gasteiger partial charge in [0, 0.05) is 6.42 Å². The number of benzene rings is 2. The van der Waals surface area contributed by atoms with Crippen molar-refractivity contribution in [1.82, 2.24) is 5.32 Å². The Morgan fingerprint density at radius 1 is 0.958 bits per heavy atom. The summed E-state index contributed by atoms with van der Waals surface area (Å²) in [6.07, 6.45) is 1.15. The van der Waals surface area contributed by atoms with Crippen molar-refractivity contribution in [3.8, 4) is 11.5 Å². The smallest absolute Gasteiger partial charge is 0.220 e. The number of para-hydroxylation sites is 1. The summed E-state index contributed by atoms with van der Waals surface area (Å²) in [6.45, 7) is 5.61. The highest BCUT2D eigenvalue weighted by Gasteiger charge is 2.03. The summed E-state index contributed by atoms with van der Waals surface area (Å²) in [5.41, 5.74) is 2.34. The van der Waals surface area contributed by atoms with E-state index in [1.165, 1.54) is 5.56 Å². The maximum Gasteiger partial charge on any atom is 0.220 e. The molecule has 1 amide bonds. The van der Waals surface area contributed by atoms with Crippen molar-refractivity contribution >= 4 is 5.91 Å². The van der Waals surface area contributed by atoms with Crippen LogP contribution in [-0.2, 0) is 4.79 Å². The van der Waals surface area contributed by atoms with E-state index in [1.807, 2.05) is 49.4 Å². The molecule has 0 spiro atoms. The van der Waals surface area contributed by atoms with Crippen molar-refractivity contribution in [2.45, 2.75) is 26.7 Å². The molecule has 24 heavy (non-hydrogen) atoms. The van der Waals surface area contributed by atoms with Crippen molar-refractivity contribution in [2.75, 3.05) is 19.8 Å². The fraction of sp³-hybridized carbons (Fsp3) is 0.350. The number of rotatable bonds is 9. The average molecular weight is 327 g/mol. The Labute approximate surface area is 143 Å². The van der Waals surface area contributed by atoms with Crippen LogP contribution in [0.4, 0.5) is 0 Å². The monoisotopic (exact) mass is 327 g/mol. The molecule has 128 valence electrons. The molecular weight excluding hydrogens is 302 g/mol. The lowest BCUT2D eigenvalue weighted by molar-refractivity contribution is -0.121. The number of hydrogen-bond acceptors (Lipinski definition) is 3. The fourth-order valence-electron chi connectivity index (χ4n) is 2.26. The molecule has 2 aromatic rings. The highest BCUT2D eigenvalue weighted by atomic mass is 16.5. The van der Waals surface area contributed by atoms with Crippen molar-refractivity contribution in [2.24, 2.45) is 0 Å². The lowest BCUT2D eigenvalue weighted by Crippen LogP contribution is -2.28. The van der Waals surface area contributed by atoms with Crippen molar-refractivity contribution < 1.29 is 14.3 Å². The van der Waals surface area contributed by atoms with Gasteiger partial charge in [-0.05, 0) is 49.6 Å². The van der Waals surface area contributed by atoms with E-state index in [1.54, 1.807) is 0 Å². The summed E-state index contributed by atoms with van der Waals surface area (Å²) >= 11 is 0. The average Bonchev–Trinajstić information content (AvgIpc) is 2.60. The molecule has 0 heterocycles. The van der Waals surface area contributed by atoms with Crippen LogP contribution in [0.15, 0.2) is 48.5 Å². The van der Waals surface area contributed by atoms with Gasteiger partial charge in [-0.3, -0.25) is 4.79 Å². The number of hydrogen-bond donors (Lipinski definition) is 1. The standard InChI is InChI=1S/C20H25NO3/c1-16-8-6-11-19(17(16)2)24-15-13-21-20(22)12-7-14-23-18-9-4-3-5-10-18/h3-6,8-11H,7,12-15H2,1-2H3,(H,21,22). The highest BCUT2D eigenvalue weighted by Crippen LogP contribution is 2.20. The van der Waals surface area contributed by atoms with Crippen molar-refractivity contribution in [3.63, 3.8) is 0 Å². The molecule has 0 bridgehead atoms. The lowest BCUT2D eigenvalue weighted by Gasteiger charge is -2.11. The molecule has 0 aromatic heterocycles. The van der Waals surface area contributed by atoms with Crippen molar-refractivity contribution in [1.29, 1.82) is 0 Å². The van der Waals surface area contributed by atoms with Crippen LogP contribution in [0.1, 0.15) is 24.0 Å². The van der Waals surface area contributed by atoms with E-state index >= 15 is 0 Å². The van der Waals surface area contributed by atoms with Crippen LogP contribution in [0.3, 0.4) is 0 Å². The van der Waals surface area contributed by atoms with Crippen LogP contribution in [0.25, 0.3) is 0 Å². The fourth-order valence-corrected chi connectivity index (χ4v) is 2.26. The summed E-state index contributed by atoms with van der Waals surface area (Å²) in [4.78, 5) is 11.8. The third-order valence-corrected chi connectivity index (χ3v) is 3.80. The molecule has 2 rings (SSSR count). The molecule has 0 radical (unpaired) electrons.